The molecule has 1 aromatic carbocycles. The first-order valence-corrected chi connectivity index (χ1v) is 7.53. The maximum Gasteiger partial charge on any atom is 0.335 e. The molecule has 0 spiro atoms. The zero-order valence-corrected chi connectivity index (χ0v) is 12.8. The van der Waals surface area contributed by atoms with E-state index in [1.54, 1.807) is 0 Å². The van der Waals surface area contributed by atoms with E-state index < -0.39 is 17.2 Å². The highest BCUT2D eigenvalue weighted by Gasteiger charge is 2.38. The molecule has 1 aliphatic heterocycles. The lowest BCUT2D eigenvalue weighted by Gasteiger charge is -2.13. The summed E-state index contributed by atoms with van der Waals surface area (Å²) in [5.74, 6) is -2.41. The van der Waals surface area contributed by atoms with E-state index in [0.717, 1.165) is 11.8 Å². The van der Waals surface area contributed by atoms with Crippen molar-refractivity contribution in [3.63, 3.8) is 0 Å². The second-order valence-corrected chi connectivity index (χ2v) is 5.86. The molecule has 120 valence electrons. The van der Waals surface area contributed by atoms with Crippen molar-refractivity contribution in [3.8, 4) is 0 Å². The smallest absolute Gasteiger partial charge is 0.335 e. The molecule has 1 aromatic rings. The van der Waals surface area contributed by atoms with E-state index in [9.17, 15) is 14.4 Å². The average molecular weight is 334 g/mol. The molecule has 1 unspecified atom stereocenters. The van der Waals surface area contributed by atoms with Crippen molar-refractivity contribution < 1.29 is 24.6 Å². The first-order chi connectivity index (χ1) is 10.9. The van der Waals surface area contributed by atoms with Gasteiger partial charge in [0.15, 0.2) is 5.17 Å². The minimum absolute atomic E-state index is 0.135. The fraction of sp³-hybridized carbons (Fsp3) is 0.200. The van der Waals surface area contributed by atoms with Gasteiger partial charge in [-0.05, 0) is 24.3 Å². The summed E-state index contributed by atoms with van der Waals surface area (Å²) in [6, 6.07) is 5.88. The van der Waals surface area contributed by atoms with E-state index in [0.29, 0.717) is 10.9 Å². The van der Waals surface area contributed by atoms with Crippen LogP contribution in [0, 0.1) is 0 Å². The molecule has 0 aliphatic carbocycles. The third-order valence-electron chi connectivity index (χ3n) is 3.03. The number of hydrogen-bond acceptors (Lipinski definition) is 5. The predicted octanol–water partition coefficient (Wildman–Crippen LogP) is 1.98. The molecular weight excluding hydrogens is 320 g/mol. The number of aliphatic imine (C=N–C) groups is 1. The Morgan fingerprint density at radius 2 is 1.96 bits per heavy atom. The molecule has 0 radical (unpaired) electrons. The summed E-state index contributed by atoms with van der Waals surface area (Å²) in [6.45, 7) is 3.81. The zero-order chi connectivity index (χ0) is 17.0. The number of thioether (sulfide) groups is 1. The van der Waals surface area contributed by atoms with Crippen LogP contribution in [0.1, 0.15) is 16.8 Å². The molecule has 1 atom stereocenters. The van der Waals surface area contributed by atoms with E-state index in [-0.39, 0.29) is 24.4 Å². The Bertz CT molecular complexity index is 684. The van der Waals surface area contributed by atoms with Crippen molar-refractivity contribution in [2.24, 2.45) is 4.99 Å². The molecule has 0 saturated carbocycles. The summed E-state index contributed by atoms with van der Waals surface area (Å²) >= 11 is 1.08. The van der Waals surface area contributed by atoms with E-state index in [1.165, 1.54) is 35.2 Å². The second kappa shape index (κ2) is 7.10. The number of amides is 1. The summed E-state index contributed by atoms with van der Waals surface area (Å²) < 4.78 is 0. The summed E-state index contributed by atoms with van der Waals surface area (Å²) in [5, 5.41) is 17.4. The Labute approximate surface area is 136 Å². The van der Waals surface area contributed by atoms with Crippen molar-refractivity contribution in [3.05, 3.63) is 42.5 Å². The van der Waals surface area contributed by atoms with Gasteiger partial charge in [-0.15, -0.1) is 6.58 Å². The summed E-state index contributed by atoms with van der Waals surface area (Å²) in [4.78, 5) is 39.6. The third kappa shape index (κ3) is 3.98. The lowest BCUT2D eigenvalue weighted by molar-refractivity contribution is -0.139. The molecule has 1 heterocycles. The van der Waals surface area contributed by atoms with Crippen molar-refractivity contribution >= 4 is 40.5 Å². The van der Waals surface area contributed by atoms with E-state index in [4.69, 9.17) is 10.2 Å². The number of aromatic carboxylic acids is 1. The number of rotatable bonds is 6. The molecule has 0 aromatic heterocycles. The minimum Gasteiger partial charge on any atom is -0.481 e. The van der Waals surface area contributed by atoms with Gasteiger partial charge in [0, 0.05) is 6.54 Å². The highest BCUT2D eigenvalue weighted by molar-refractivity contribution is 8.15. The number of carboxylic acid groups (broad SMARTS) is 2. The quantitative estimate of drug-likeness (QED) is 0.770. The van der Waals surface area contributed by atoms with Gasteiger partial charge in [0.25, 0.3) is 0 Å². The van der Waals surface area contributed by atoms with Crippen LogP contribution in [0.15, 0.2) is 41.9 Å². The normalized spacial score (nSPS) is 19.1. The second-order valence-electron chi connectivity index (χ2n) is 4.69. The van der Waals surface area contributed by atoms with Gasteiger partial charge in [-0.1, -0.05) is 17.8 Å². The molecular formula is C15H14N2O5S. The molecule has 0 bridgehead atoms. The summed E-state index contributed by atoms with van der Waals surface area (Å²) in [5.41, 5.74) is 0.617. The fourth-order valence-corrected chi connectivity index (χ4v) is 3.13. The standard InChI is InChI=1S/C15H14N2O5S/c1-2-7-17-13(20)11(8-12(18)19)23-15(17)16-10-5-3-9(4-6-10)14(21)22/h2-6,11H,1,7-8H2,(H,18,19)(H,21,22). The summed E-state index contributed by atoms with van der Waals surface area (Å²) in [7, 11) is 0. The molecule has 1 amide bonds. The molecule has 2 rings (SSSR count). The van der Waals surface area contributed by atoms with E-state index >= 15 is 0 Å². The SMILES string of the molecule is C=CCN1C(=O)C(CC(=O)O)SC1=Nc1ccc(C(=O)O)cc1. The highest BCUT2D eigenvalue weighted by atomic mass is 32.2. The van der Waals surface area contributed by atoms with Crippen LogP contribution in [-0.4, -0.2) is 49.9 Å². The van der Waals surface area contributed by atoms with Gasteiger partial charge in [0.05, 0.1) is 17.7 Å². The van der Waals surface area contributed by atoms with Crippen LogP contribution in [0.25, 0.3) is 0 Å². The maximum atomic E-state index is 12.2. The number of benzene rings is 1. The number of carboxylic acids is 2. The number of nitrogens with zero attached hydrogens (tertiary/aromatic N) is 2. The maximum absolute atomic E-state index is 12.2. The Hall–Kier alpha value is -2.61. The largest absolute Gasteiger partial charge is 0.481 e. The average Bonchev–Trinajstić information content (AvgIpc) is 2.76. The van der Waals surface area contributed by atoms with Crippen LogP contribution >= 0.6 is 11.8 Å². The zero-order valence-electron chi connectivity index (χ0n) is 12.0. The van der Waals surface area contributed by atoms with E-state index in [1.807, 2.05) is 0 Å². The Balaban J connectivity index is 2.27. The van der Waals surface area contributed by atoms with E-state index in [2.05, 4.69) is 11.6 Å². The summed E-state index contributed by atoms with van der Waals surface area (Å²) in [6.07, 6.45) is 1.25. The van der Waals surface area contributed by atoms with Gasteiger partial charge in [-0.3, -0.25) is 14.5 Å². The topological polar surface area (TPSA) is 107 Å². The molecule has 1 aliphatic rings. The molecule has 7 nitrogen and oxygen atoms in total. The van der Waals surface area contributed by atoms with Crippen LogP contribution < -0.4 is 0 Å². The molecule has 1 fully saturated rings. The lowest BCUT2D eigenvalue weighted by Crippen LogP contribution is -2.32. The lowest BCUT2D eigenvalue weighted by atomic mass is 10.2. The number of carbonyl (C=O) groups excluding carboxylic acids is 1. The van der Waals surface area contributed by atoms with Crippen molar-refractivity contribution in [2.45, 2.75) is 11.7 Å². The van der Waals surface area contributed by atoms with Crippen molar-refractivity contribution in [2.75, 3.05) is 6.54 Å². The number of hydrogen-bond donors (Lipinski definition) is 2. The third-order valence-corrected chi connectivity index (χ3v) is 4.21. The van der Waals surface area contributed by atoms with Gasteiger partial charge >= 0.3 is 11.9 Å². The van der Waals surface area contributed by atoms with Crippen LogP contribution in [0.5, 0.6) is 0 Å². The first kappa shape index (κ1) is 16.8. The first-order valence-electron chi connectivity index (χ1n) is 6.65. The number of amidine groups is 1. The van der Waals surface area contributed by atoms with Crippen LogP contribution in [0.4, 0.5) is 5.69 Å². The van der Waals surface area contributed by atoms with Gasteiger partial charge in [-0.2, -0.15) is 0 Å². The number of aliphatic carboxylic acids is 1. The van der Waals surface area contributed by atoms with Crippen LogP contribution in [0.2, 0.25) is 0 Å². The van der Waals surface area contributed by atoms with Crippen LogP contribution in [-0.2, 0) is 9.59 Å². The highest BCUT2D eigenvalue weighted by Crippen LogP contribution is 2.31. The Morgan fingerprint density at radius 1 is 1.30 bits per heavy atom. The monoisotopic (exact) mass is 334 g/mol. The Kier molecular flexibility index (Phi) is 5.17. The van der Waals surface area contributed by atoms with Gasteiger partial charge in [0.1, 0.15) is 5.25 Å². The minimum atomic E-state index is -1.05. The van der Waals surface area contributed by atoms with Crippen molar-refractivity contribution in [1.82, 2.24) is 4.90 Å². The van der Waals surface area contributed by atoms with Gasteiger partial charge in [-0.25, -0.2) is 9.79 Å². The Morgan fingerprint density at radius 3 is 2.48 bits per heavy atom. The van der Waals surface area contributed by atoms with Gasteiger partial charge in [0.2, 0.25) is 5.91 Å². The molecule has 23 heavy (non-hydrogen) atoms. The number of carbonyl (C=O) groups is 3. The molecule has 1 saturated heterocycles. The fourth-order valence-electron chi connectivity index (χ4n) is 1.97. The van der Waals surface area contributed by atoms with Crippen LogP contribution in [0.3, 0.4) is 0 Å². The molecule has 2 N–H and O–H groups in total. The van der Waals surface area contributed by atoms with Gasteiger partial charge < -0.3 is 10.2 Å². The predicted molar refractivity (Wildman–Crippen MR) is 86.0 cm³/mol. The van der Waals surface area contributed by atoms with Crippen molar-refractivity contribution in [1.29, 1.82) is 0 Å². The molecule has 8 heteroatoms.